The zero-order valence-electron chi connectivity index (χ0n) is 5.14. The minimum atomic E-state index is -0.831. The van der Waals surface area contributed by atoms with Crippen LogP contribution in [0.3, 0.4) is 0 Å². The maximum atomic E-state index is 11.0. The summed E-state index contributed by atoms with van der Waals surface area (Å²) in [4.78, 5) is 11.7. The summed E-state index contributed by atoms with van der Waals surface area (Å²) in [6.45, 7) is 0. The van der Waals surface area contributed by atoms with Crippen molar-refractivity contribution < 1.29 is 4.79 Å². The second kappa shape index (κ2) is 2.87. The molecule has 0 N–H and O–H groups in total. The lowest BCUT2D eigenvalue weighted by Gasteiger charge is -1.98. The van der Waals surface area contributed by atoms with Crippen molar-refractivity contribution >= 4 is 34.2 Å². The van der Waals surface area contributed by atoms with Crippen LogP contribution in [-0.4, -0.2) is 20.4 Å². The SMILES string of the molecule is N#CC1SC(=S)N(C#N)C1=O. The minimum absolute atomic E-state index is 0.157. The van der Waals surface area contributed by atoms with Gasteiger partial charge in [-0.15, -0.1) is 0 Å². The molecular weight excluding hydrogens is 182 g/mol. The van der Waals surface area contributed by atoms with Crippen molar-refractivity contribution in [2.24, 2.45) is 0 Å². The first-order valence-corrected chi connectivity index (χ1v) is 3.83. The van der Waals surface area contributed by atoms with Crippen LogP contribution in [0.4, 0.5) is 0 Å². The molecule has 0 aromatic heterocycles. The van der Waals surface area contributed by atoms with Crippen molar-refractivity contribution in [3.8, 4) is 12.3 Å². The molecule has 6 heteroatoms. The summed E-state index contributed by atoms with van der Waals surface area (Å²) in [5.74, 6) is -0.537. The molecule has 1 rings (SSSR count). The predicted octanol–water partition coefficient (Wildman–Crippen LogP) is 0.220. The number of carbonyl (C=O) groups excluding carboxylic acids is 1. The van der Waals surface area contributed by atoms with E-state index in [2.05, 4.69) is 12.2 Å². The number of nitrogens with zero attached hydrogens (tertiary/aromatic N) is 3. The van der Waals surface area contributed by atoms with E-state index in [1.165, 1.54) is 0 Å². The fourth-order valence-corrected chi connectivity index (χ4v) is 1.70. The Labute approximate surface area is 72.4 Å². The number of hydrogen-bond acceptors (Lipinski definition) is 5. The topological polar surface area (TPSA) is 67.9 Å². The largest absolute Gasteiger partial charge is 0.271 e. The van der Waals surface area contributed by atoms with Crippen molar-refractivity contribution in [3.05, 3.63) is 0 Å². The Bertz CT molecular complexity index is 300. The molecule has 1 fully saturated rings. The Hall–Kier alpha value is -1.11. The first-order chi connectivity index (χ1) is 5.20. The normalized spacial score (nSPS) is 23.1. The molecule has 1 atom stereocenters. The molecule has 11 heavy (non-hydrogen) atoms. The smallest absolute Gasteiger partial charge is 0.269 e. The third-order valence-corrected chi connectivity index (χ3v) is 2.46. The molecule has 1 aliphatic rings. The maximum absolute atomic E-state index is 11.0. The Morgan fingerprint density at radius 3 is 2.55 bits per heavy atom. The fourth-order valence-electron chi connectivity index (χ4n) is 0.583. The predicted molar refractivity (Wildman–Crippen MR) is 42.0 cm³/mol. The highest BCUT2D eigenvalue weighted by Gasteiger charge is 2.37. The summed E-state index contributed by atoms with van der Waals surface area (Å²) < 4.78 is 0.157. The van der Waals surface area contributed by atoms with E-state index in [-0.39, 0.29) is 4.32 Å². The van der Waals surface area contributed by atoms with E-state index < -0.39 is 11.2 Å². The van der Waals surface area contributed by atoms with Gasteiger partial charge in [-0.25, -0.2) is 0 Å². The van der Waals surface area contributed by atoms with Gasteiger partial charge in [0.15, 0.2) is 15.8 Å². The molecule has 0 aromatic rings. The molecule has 0 radical (unpaired) electrons. The number of thioether (sulfide) groups is 1. The first kappa shape index (κ1) is 7.99. The molecule has 0 bridgehead atoms. The second-order valence-electron chi connectivity index (χ2n) is 1.67. The Morgan fingerprint density at radius 2 is 2.27 bits per heavy atom. The van der Waals surface area contributed by atoms with Crippen LogP contribution in [0.2, 0.25) is 0 Å². The number of carbonyl (C=O) groups is 1. The molecular formula is C5HN3OS2. The average molecular weight is 183 g/mol. The van der Waals surface area contributed by atoms with E-state index in [0.29, 0.717) is 0 Å². The van der Waals surface area contributed by atoms with Crippen LogP contribution in [0.25, 0.3) is 0 Å². The molecule has 4 nitrogen and oxygen atoms in total. The van der Waals surface area contributed by atoms with Gasteiger partial charge >= 0.3 is 0 Å². The molecule has 0 saturated carbocycles. The van der Waals surface area contributed by atoms with E-state index >= 15 is 0 Å². The highest BCUT2D eigenvalue weighted by Crippen LogP contribution is 2.25. The van der Waals surface area contributed by atoms with Crippen LogP contribution in [0, 0.1) is 22.8 Å². The van der Waals surface area contributed by atoms with E-state index in [1.54, 1.807) is 12.3 Å². The molecule has 1 amide bonds. The van der Waals surface area contributed by atoms with Crippen molar-refractivity contribution in [2.75, 3.05) is 0 Å². The van der Waals surface area contributed by atoms with E-state index in [9.17, 15) is 4.79 Å². The highest BCUT2D eigenvalue weighted by atomic mass is 32.2. The van der Waals surface area contributed by atoms with E-state index in [1.807, 2.05) is 0 Å². The third kappa shape index (κ3) is 1.18. The Kier molecular flexibility index (Phi) is 2.08. The molecule has 1 aliphatic heterocycles. The lowest BCUT2D eigenvalue weighted by Crippen LogP contribution is -2.25. The molecule has 0 spiro atoms. The summed E-state index contributed by atoms with van der Waals surface area (Å²) in [7, 11) is 0. The minimum Gasteiger partial charge on any atom is -0.271 e. The molecule has 1 heterocycles. The van der Waals surface area contributed by atoms with Crippen LogP contribution < -0.4 is 0 Å². The van der Waals surface area contributed by atoms with Crippen LogP contribution in [-0.2, 0) is 4.79 Å². The Morgan fingerprint density at radius 1 is 1.64 bits per heavy atom. The molecule has 1 saturated heterocycles. The standard InChI is InChI=1S/C5HN3OS2/c6-1-3-4(9)8(2-7)5(10)11-3/h3H. The number of nitriles is 2. The fraction of sp³-hybridized carbons (Fsp3) is 0.200. The summed E-state index contributed by atoms with van der Waals surface area (Å²) in [5, 5.41) is 15.9. The van der Waals surface area contributed by atoms with Gasteiger partial charge in [-0.2, -0.15) is 15.4 Å². The van der Waals surface area contributed by atoms with Gasteiger partial charge in [-0.3, -0.25) is 4.79 Å². The molecule has 0 aliphatic carbocycles. The van der Waals surface area contributed by atoms with Gasteiger partial charge in [-0.1, -0.05) is 24.0 Å². The van der Waals surface area contributed by atoms with Gasteiger partial charge < -0.3 is 0 Å². The lowest BCUT2D eigenvalue weighted by atomic mass is 10.4. The average Bonchev–Trinajstić information content (AvgIpc) is 2.26. The summed E-state index contributed by atoms with van der Waals surface area (Å²) in [5.41, 5.74) is 0. The van der Waals surface area contributed by atoms with Gasteiger partial charge in [0.1, 0.15) is 0 Å². The molecule has 1 unspecified atom stereocenters. The van der Waals surface area contributed by atoms with Gasteiger partial charge in [0.25, 0.3) is 5.91 Å². The van der Waals surface area contributed by atoms with Gasteiger partial charge in [0.05, 0.1) is 6.07 Å². The van der Waals surface area contributed by atoms with Crippen molar-refractivity contribution in [3.63, 3.8) is 0 Å². The van der Waals surface area contributed by atoms with Gasteiger partial charge in [0, 0.05) is 0 Å². The van der Waals surface area contributed by atoms with Gasteiger partial charge in [-0.05, 0) is 0 Å². The van der Waals surface area contributed by atoms with Crippen LogP contribution in [0.15, 0.2) is 0 Å². The lowest BCUT2D eigenvalue weighted by molar-refractivity contribution is -0.123. The van der Waals surface area contributed by atoms with Gasteiger partial charge in [0.2, 0.25) is 0 Å². The summed E-state index contributed by atoms with van der Waals surface area (Å²) in [6.07, 6.45) is 1.60. The van der Waals surface area contributed by atoms with E-state index in [4.69, 9.17) is 10.5 Å². The van der Waals surface area contributed by atoms with Crippen molar-refractivity contribution in [2.45, 2.75) is 5.25 Å². The zero-order chi connectivity index (χ0) is 8.43. The summed E-state index contributed by atoms with van der Waals surface area (Å²) in [6, 6.07) is 1.74. The van der Waals surface area contributed by atoms with Crippen molar-refractivity contribution in [1.82, 2.24) is 4.90 Å². The number of rotatable bonds is 0. The first-order valence-electron chi connectivity index (χ1n) is 2.54. The number of amides is 1. The highest BCUT2D eigenvalue weighted by molar-refractivity contribution is 8.24. The Balaban J connectivity index is 2.92. The van der Waals surface area contributed by atoms with E-state index in [0.717, 1.165) is 16.7 Å². The van der Waals surface area contributed by atoms with Crippen LogP contribution >= 0.6 is 24.0 Å². The number of hydrogen-bond donors (Lipinski definition) is 0. The third-order valence-electron chi connectivity index (χ3n) is 1.06. The quantitative estimate of drug-likeness (QED) is 0.397. The monoisotopic (exact) mass is 183 g/mol. The maximum Gasteiger partial charge on any atom is 0.269 e. The second-order valence-corrected chi connectivity index (χ2v) is 3.41. The number of thiocarbonyl (C=S) groups is 1. The van der Waals surface area contributed by atoms with Crippen LogP contribution in [0.1, 0.15) is 0 Å². The summed E-state index contributed by atoms with van der Waals surface area (Å²) >= 11 is 5.59. The zero-order valence-corrected chi connectivity index (χ0v) is 6.78. The molecule has 0 aromatic carbocycles. The molecule has 54 valence electrons. The van der Waals surface area contributed by atoms with Crippen LogP contribution in [0.5, 0.6) is 0 Å². The van der Waals surface area contributed by atoms with Crippen molar-refractivity contribution in [1.29, 1.82) is 10.5 Å².